The first-order valence-electron chi connectivity index (χ1n) is 8.97. The Hall–Kier alpha value is -0.160. The van der Waals surface area contributed by atoms with Crippen molar-refractivity contribution in [2.75, 3.05) is 45.9 Å². The summed E-state index contributed by atoms with van der Waals surface area (Å²) in [5, 5.41) is 13.7. The monoisotopic (exact) mass is 297 g/mol. The second-order valence-electron chi connectivity index (χ2n) is 7.08. The van der Waals surface area contributed by atoms with Gasteiger partial charge in [0.15, 0.2) is 0 Å². The van der Waals surface area contributed by atoms with Crippen molar-refractivity contribution in [1.82, 2.24) is 15.1 Å². The minimum Gasteiger partial charge on any atom is -0.394 e. The average Bonchev–Trinajstić information content (AvgIpc) is 3.36. The van der Waals surface area contributed by atoms with Gasteiger partial charge in [-0.05, 0) is 45.1 Å². The van der Waals surface area contributed by atoms with Crippen molar-refractivity contribution >= 4 is 0 Å². The molecule has 2 atom stereocenters. The first-order chi connectivity index (χ1) is 10.1. The second kappa shape index (κ2) is 7.91. The van der Waals surface area contributed by atoms with E-state index in [2.05, 4.69) is 35.9 Å². The minimum absolute atomic E-state index is 0.0471. The van der Waals surface area contributed by atoms with Crippen molar-refractivity contribution in [2.45, 2.75) is 58.0 Å². The van der Waals surface area contributed by atoms with Gasteiger partial charge in [0.05, 0.1) is 12.1 Å². The highest BCUT2D eigenvalue weighted by molar-refractivity contribution is 5.03. The maximum absolute atomic E-state index is 10.0. The Morgan fingerprint density at radius 3 is 2.33 bits per heavy atom. The Balaban J connectivity index is 1.87. The SMILES string of the molecule is CCCNC(CO)(CN1CCN(C(C)CC)CC1)C1CC1. The normalized spacial score (nSPS) is 25.7. The minimum atomic E-state index is -0.0471. The van der Waals surface area contributed by atoms with Crippen molar-refractivity contribution < 1.29 is 5.11 Å². The van der Waals surface area contributed by atoms with Gasteiger partial charge in [0.25, 0.3) is 0 Å². The van der Waals surface area contributed by atoms with Crippen LogP contribution in [0.3, 0.4) is 0 Å². The van der Waals surface area contributed by atoms with Gasteiger partial charge in [0.2, 0.25) is 0 Å². The fraction of sp³-hybridized carbons (Fsp3) is 1.00. The van der Waals surface area contributed by atoms with Crippen LogP contribution in [0.5, 0.6) is 0 Å². The van der Waals surface area contributed by atoms with E-state index in [1.165, 1.54) is 32.4 Å². The number of hydrogen-bond acceptors (Lipinski definition) is 4. The van der Waals surface area contributed by atoms with E-state index in [4.69, 9.17) is 0 Å². The van der Waals surface area contributed by atoms with Crippen LogP contribution in [0.2, 0.25) is 0 Å². The Labute approximate surface area is 130 Å². The van der Waals surface area contributed by atoms with Gasteiger partial charge in [0, 0.05) is 38.8 Å². The highest BCUT2D eigenvalue weighted by Gasteiger charge is 2.45. The number of nitrogens with one attached hydrogen (secondary N) is 1. The summed E-state index contributed by atoms with van der Waals surface area (Å²) in [6.07, 6.45) is 4.94. The van der Waals surface area contributed by atoms with Gasteiger partial charge in [-0.1, -0.05) is 13.8 Å². The molecule has 124 valence electrons. The van der Waals surface area contributed by atoms with E-state index in [-0.39, 0.29) is 12.1 Å². The van der Waals surface area contributed by atoms with E-state index in [1.807, 2.05) is 0 Å². The summed E-state index contributed by atoms with van der Waals surface area (Å²) in [4.78, 5) is 5.17. The van der Waals surface area contributed by atoms with Gasteiger partial charge in [-0.15, -0.1) is 0 Å². The Bertz CT molecular complexity index is 300. The molecule has 2 rings (SSSR count). The molecule has 0 aromatic rings. The maximum atomic E-state index is 10.0. The van der Waals surface area contributed by atoms with Crippen LogP contribution in [-0.4, -0.2) is 72.4 Å². The molecule has 2 unspecified atom stereocenters. The van der Waals surface area contributed by atoms with Crippen LogP contribution in [0, 0.1) is 5.92 Å². The van der Waals surface area contributed by atoms with Gasteiger partial charge in [0.1, 0.15) is 0 Å². The number of hydrogen-bond donors (Lipinski definition) is 2. The van der Waals surface area contributed by atoms with Gasteiger partial charge >= 0.3 is 0 Å². The first kappa shape index (κ1) is 17.2. The fourth-order valence-electron chi connectivity index (χ4n) is 3.59. The number of nitrogens with zero attached hydrogens (tertiary/aromatic N) is 2. The highest BCUT2D eigenvalue weighted by Crippen LogP contribution is 2.40. The quantitative estimate of drug-likeness (QED) is 0.677. The summed E-state index contributed by atoms with van der Waals surface area (Å²) in [7, 11) is 0. The van der Waals surface area contributed by atoms with Crippen molar-refractivity contribution in [3.05, 3.63) is 0 Å². The number of rotatable bonds is 9. The molecule has 2 fully saturated rings. The zero-order chi connectivity index (χ0) is 15.3. The summed E-state index contributed by atoms with van der Waals surface area (Å²) in [5.41, 5.74) is -0.0471. The van der Waals surface area contributed by atoms with Gasteiger partial charge < -0.3 is 10.4 Å². The van der Waals surface area contributed by atoms with Gasteiger partial charge in [-0.3, -0.25) is 9.80 Å². The molecule has 1 saturated carbocycles. The summed E-state index contributed by atoms with van der Waals surface area (Å²) >= 11 is 0. The highest BCUT2D eigenvalue weighted by atomic mass is 16.3. The fourth-order valence-corrected chi connectivity index (χ4v) is 3.59. The standard InChI is InChI=1S/C17H35N3O/c1-4-8-18-17(14-21,16-6-7-16)13-19-9-11-20(12-10-19)15(3)5-2/h15-16,18,21H,4-14H2,1-3H3. The van der Waals surface area contributed by atoms with Crippen LogP contribution in [0.1, 0.15) is 46.5 Å². The van der Waals surface area contributed by atoms with Crippen molar-refractivity contribution in [2.24, 2.45) is 5.92 Å². The lowest BCUT2D eigenvalue weighted by Gasteiger charge is -2.43. The van der Waals surface area contributed by atoms with Crippen LogP contribution in [0.4, 0.5) is 0 Å². The zero-order valence-corrected chi connectivity index (χ0v) is 14.3. The molecule has 0 radical (unpaired) electrons. The lowest BCUT2D eigenvalue weighted by molar-refractivity contribution is 0.0488. The van der Waals surface area contributed by atoms with E-state index in [9.17, 15) is 5.11 Å². The topological polar surface area (TPSA) is 38.7 Å². The molecular weight excluding hydrogens is 262 g/mol. The lowest BCUT2D eigenvalue weighted by atomic mass is 9.92. The first-order valence-corrected chi connectivity index (χ1v) is 8.97. The largest absolute Gasteiger partial charge is 0.394 e. The van der Waals surface area contributed by atoms with Crippen molar-refractivity contribution in [1.29, 1.82) is 0 Å². The average molecular weight is 297 g/mol. The smallest absolute Gasteiger partial charge is 0.0628 e. The van der Waals surface area contributed by atoms with E-state index < -0.39 is 0 Å². The number of aliphatic hydroxyl groups is 1. The predicted molar refractivity (Wildman–Crippen MR) is 88.6 cm³/mol. The molecule has 4 nitrogen and oxygen atoms in total. The summed E-state index contributed by atoms with van der Waals surface area (Å²) < 4.78 is 0. The van der Waals surface area contributed by atoms with Crippen LogP contribution >= 0.6 is 0 Å². The molecule has 2 aliphatic rings. The van der Waals surface area contributed by atoms with Gasteiger partial charge in [-0.2, -0.15) is 0 Å². The Kier molecular flexibility index (Phi) is 6.48. The molecule has 0 aromatic carbocycles. The lowest BCUT2D eigenvalue weighted by Crippen LogP contribution is -2.61. The second-order valence-corrected chi connectivity index (χ2v) is 7.08. The molecule has 0 spiro atoms. The van der Waals surface area contributed by atoms with Crippen LogP contribution in [-0.2, 0) is 0 Å². The number of piperazine rings is 1. The predicted octanol–water partition coefficient (Wildman–Crippen LogP) is 1.54. The van der Waals surface area contributed by atoms with Crippen LogP contribution in [0.25, 0.3) is 0 Å². The van der Waals surface area contributed by atoms with Crippen LogP contribution in [0.15, 0.2) is 0 Å². The van der Waals surface area contributed by atoms with E-state index >= 15 is 0 Å². The Morgan fingerprint density at radius 1 is 1.19 bits per heavy atom. The third kappa shape index (κ3) is 4.41. The van der Waals surface area contributed by atoms with E-state index in [1.54, 1.807) is 0 Å². The third-order valence-corrected chi connectivity index (χ3v) is 5.49. The van der Waals surface area contributed by atoms with Crippen LogP contribution < -0.4 is 5.32 Å². The molecule has 4 heteroatoms. The molecule has 0 amide bonds. The molecule has 1 aliphatic carbocycles. The maximum Gasteiger partial charge on any atom is 0.0628 e. The summed E-state index contributed by atoms with van der Waals surface area (Å²) in [5.74, 6) is 0.682. The van der Waals surface area contributed by atoms with E-state index in [0.717, 1.165) is 32.6 Å². The van der Waals surface area contributed by atoms with Gasteiger partial charge in [-0.25, -0.2) is 0 Å². The third-order valence-electron chi connectivity index (χ3n) is 5.49. The molecule has 21 heavy (non-hydrogen) atoms. The summed E-state index contributed by atoms with van der Waals surface area (Å²) in [6, 6.07) is 0.705. The molecule has 1 heterocycles. The molecule has 0 aromatic heterocycles. The molecule has 0 bridgehead atoms. The zero-order valence-electron chi connectivity index (χ0n) is 14.3. The Morgan fingerprint density at radius 2 is 1.86 bits per heavy atom. The number of aliphatic hydroxyl groups excluding tert-OH is 1. The van der Waals surface area contributed by atoms with E-state index in [0.29, 0.717) is 12.0 Å². The summed E-state index contributed by atoms with van der Waals surface area (Å²) in [6.45, 7) is 13.8. The molecular formula is C17H35N3O. The molecule has 1 saturated heterocycles. The molecule has 2 N–H and O–H groups in total. The van der Waals surface area contributed by atoms with Crippen molar-refractivity contribution in [3.8, 4) is 0 Å². The van der Waals surface area contributed by atoms with Crippen molar-refractivity contribution in [3.63, 3.8) is 0 Å². The molecule has 1 aliphatic heterocycles.